The first-order chi connectivity index (χ1) is 7.61. The van der Waals surface area contributed by atoms with Crippen LogP contribution in [0.3, 0.4) is 0 Å². The first-order valence-corrected chi connectivity index (χ1v) is 4.82. The van der Waals surface area contributed by atoms with Crippen LogP contribution in [0.5, 0.6) is 0 Å². The number of nitriles is 1. The fraction of sp³-hybridized carbons (Fsp3) is 0.273. The molecule has 0 saturated heterocycles. The first kappa shape index (κ1) is 12.0. The summed E-state index contributed by atoms with van der Waals surface area (Å²) in [6.07, 6.45) is 0. The van der Waals surface area contributed by atoms with Crippen LogP contribution in [-0.4, -0.2) is 12.6 Å². The van der Waals surface area contributed by atoms with Gasteiger partial charge in [-0.1, -0.05) is 6.07 Å². The first-order valence-electron chi connectivity index (χ1n) is 4.82. The molecule has 1 aromatic carbocycles. The molecule has 0 heterocycles. The Balaban J connectivity index is 2.43. The highest BCUT2D eigenvalue weighted by Crippen LogP contribution is 2.08. The molecule has 1 atom stereocenters. The number of amides is 2. The van der Waals surface area contributed by atoms with Gasteiger partial charge in [-0.3, -0.25) is 0 Å². The van der Waals surface area contributed by atoms with E-state index in [0.29, 0.717) is 5.69 Å². The molecule has 0 aromatic heterocycles. The molecule has 0 aliphatic heterocycles. The maximum Gasteiger partial charge on any atom is 0.319 e. The Kier molecular flexibility index (Phi) is 4.28. The summed E-state index contributed by atoms with van der Waals surface area (Å²) in [4.78, 5) is 11.3. The predicted octanol–water partition coefficient (Wildman–Crippen LogP) is 2.11. The molecule has 0 spiro atoms. The topological polar surface area (TPSA) is 64.9 Å². The van der Waals surface area contributed by atoms with Gasteiger partial charge in [0.2, 0.25) is 0 Å². The summed E-state index contributed by atoms with van der Waals surface area (Å²) in [5.74, 6) is -0.665. The minimum atomic E-state index is -0.451. The van der Waals surface area contributed by atoms with Gasteiger partial charge in [0, 0.05) is 12.2 Å². The SMILES string of the molecule is CC(C#N)CNC(=O)Nc1cccc(F)c1. The van der Waals surface area contributed by atoms with E-state index in [1.165, 1.54) is 18.2 Å². The molecule has 0 bridgehead atoms. The molecule has 0 aliphatic rings. The van der Waals surface area contributed by atoms with Gasteiger partial charge in [-0.25, -0.2) is 9.18 Å². The Hall–Kier alpha value is -2.09. The molecule has 1 rings (SSSR count). The van der Waals surface area contributed by atoms with Crippen LogP contribution >= 0.6 is 0 Å². The summed E-state index contributed by atoms with van der Waals surface area (Å²) in [6.45, 7) is 1.96. The van der Waals surface area contributed by atoms with Gasteiger partial charge in [0.15, 0.2) is 0 Å². The van der Waals surface area contributed by atoms with E-state index in [0.717, 1.165) is 0 Å². The smallest absolute Gasteiger partial charge is 0.319 e. The third kappa shape index (κ3) is 3.96. The number of hydrogen-bond donors (Lipinski definition) is 2. The Bertz CT molecular complexity index is 414. The van der Waals surface area contributed by atoms with Crippen LogP contribution in [0.2, 0.25) is 0 Å². The molecule has 16 heavy (non-hydrogen) atoms. The molecule has 0 saturated carbocycles. The number of hydrogen-bond acceptors (Lipinski definition) is 2. The van der Waals surface area contributed by atoms with E-state index in [4.69, 9.17) is 5.26 Å². The van der Waals surface area contributed by atoms with Gasteiger partial charge in [-0.05, 0) is 25.1 Å². The lowest BCUT2D eigenvalue weighted by atomic mass is 10.2. The second kappa shape index (κ2) is 5.71. The summed E-state index contributed by atoms with van der Waals surface area (Å²) in [6, 6.07) is 7.13. The van der Waals surface area contributed by atoms with Crippen molar-refractivity contribution in [1.29, 1.82) is 5.26 Å². The highest BCUT2D eigenvalue weighted by Gasteiger charge is 2.04. The monoisotopic (exact) mass is 221 g/mol. The van der Waals surface area contributed by atoms with E-state index >= 15 is 0 Å². The lowest BCUT2D eigenvalue weighted by Gasteiger charge is -2.08. The Morgan fingerprint density at radius 1 is 1.62 bits per heavy atom. The summed E-state index contributed by atoms with van der Waals surface area (Å²) in [5, 5.41) is 13.5. The van der Waals surface area contributed by atoms with Crippen molar-refractivity contribution in [3.8, 4) is 6.07 Å². The van der Waals surface area contributed by atoms with Gasteiger partial charge < -0.3 is 10.6 Å². The van der Waals surface area contributed by atoms with Gasteiger partial charge in [-0.2, -0.15) is 5.26 Å². The van der Waals surface area contributed by atoms with Crippen LogP contribution in [0.25, 0.3) is 0 Å². The number of rotatable bonds is 3. The zero-order chi connectivity index (χ0) is 12.0. The molecule has 4 nitrogen and oxygen atoms in total. The van der Waals surface area contributed by atoms with Gasteiger partial charge in [0.1, 0.15) is 5.82 Å². The maximum absolute atomic E-state index is 12.8. The Labute approximate surface area is 93.1 Å². The van der Waals surface area contributed by atoms with Crippen molar-refractivity contribution < 1.29 is 9.18 Å². The highest BCUT2D eigenvalue weighted by molar-refractivity contribution is 5.89. The van der Waals surface area contributed by atoms with E-state index in [9.17, 15) is 9.18 Å². The van der Waals surface area contributed by atoms with Gasteiger partial charge in [0.25, 0.3) is 0 Å². The van der Waals surface area contributed by atoms with Crippen LogP contribution in [0.1, 0.15) is 6.92 Å². The molecular weight excluding hydrogens is 209 g/mol. The lowest BCUT2D eigenvalue weighted by molar-refractivity contribution is 0.251. The molecule has 1 unspecified atom stereocenters. The van der Waals surface area contributed by atoms with Crippen LogP contribution in [0.4, 0.5) is 14.9 Å². The van der Waals surface area contributed by atoms with Gasteiger partial charge >= 0.3 is 6.03 Å². The number of urea groups is 1. The van der Waals surface area contributed by atoms with E-state index in [1.54, 1.807) is 13.0 Å². The predicted molar refractivity (Wildman–Crippen MR) is 58.2 cm³/mol. The second-order valence-electron chi connectivity index (χ2n) is 3.38. The van der Waals surface area contributed by atoms with Crippen LogP contribution in [0, 0.1) is 23.1 Å². The lowest BCUT2D eigenvalue weighted by Crippen LogP contribution is -2.32. The van der Waals surface area contributed by atoms with Crippen molar-refractivity contribution >= 4 is 11.7 Å². The molecule has 2 amide bonds. The largest absolute Gasteiger partial charge is 0.337 e. The molecule has 2 N–H and O–H groups in total. The second-order valence-corrected chi connectivity index (χ2v) is 3.38. The van der Waals surface area contributed by atoms with Crippen molar-refractivity contribution in [3.63, 3.8) is 0 Å². The molecule has 0 radical (unpaired) electrons. The van der Waals surface area contributed by atoms with Crippen LogP contribution in [0.15, 0.2) is 24.3 Å². The number of benzene rings is 1. The van der Waals surface area contributed by atoms with E-state index < -0.39 is 11.8 Å². The third-order valence-corrected chi connectivity index (χ3v) is 1.87. The average Bonchev–Trinajstić information content (AvgIpc) is 2.26. The van der Waals surface area contributed by atoms with E-state index in [-0.39, 0.29) is 12.5 Å². The van der Waals surface area contributed by atoms with Gasteiger partial charge in [-0.15, -0.1) is 0 Å². The van der Waals surface area contributed by atoms with Crippen LogP contribution < -0.4 is 10.6 Å². The third-order valence-electron chi connectivity index (χ3n) is 1.87. The van der Waals surface area contributed by atoms with Crippen LogP contribution in [-0.2, 0) is 0 Å². The highest BCUT2D eigenvalue weighted by atomic mass is 19.1. The number of halogens is 1. The van der Waals surface area contributed by atoms with Crippen molar-refractivity contribution in [2.75, 3.05) is 11.9 Å². The Morgan fingerprint density at radius 2 is 2.38 bits per heavy atom. The molecular formula is C11H12FN3O. The quantitative estimate of drug-likeness (QED) is 0.820. The van der Waals surface area contributed by atoms with Crippen molar-refractivity contribution in [2.24, 2.45) is 5.92 Å². The zero-order valence-electron chi connectivity index (χ0n) is 8.83. The molecule has 0 aliphatic carbocycles. The summed E-state index contributed by atoms with van der Waals surface area (Å²) in [5.41, 5.74) is 0.377. The number of carbonyl (C=O) groups is 1. The normalized spacial score (nSPS) is 11.3. The standard InChI is InChI=1S/C11H12FN3O/c1-8(6-13)7-14-11(16)15-10-4-2-3-9(12)5-10/h2-5,8H,7H2,1H3,(H2,14,15,16). The van der Waals surface area contributed by atoms with Crippen molar-refractivity contribution in [1.82, 2.24) is 5.32 Å². The minimum absolute atomic E-state index is 0.252. The molecule has 84 valence electrons. The molecule has 0 fully saturated rings. The fourth-order valence-electron chi connectivity index (χ4n) is 1.03. The van der Waals surface area contributed by atoms with Gasteiger partial charge in [0.05, 0.1) is 12.0 Å². The summed E-state index contributed by atoms with van der Waals surface area (Å²) >= 11 is 0. The number of nitrogens with zero attached hydrogens (tertiary/aromatic N) is 1. The molecule has 1 aromatic rings. The summed E-state index contributed by atoms with van der Waals surface area (Å²) < 4.78 is 12.8. The zero-order valence-corrected chi connectivity index (χ0v) is 8.83. The van der Waals surface area contributed by atoms with Crippen molar-refractivity contribution in [2.45, 2.75) is 6.92 Å². The number of carbonyl (C=O) groups excluding carboxylic acids is 1. The maximum atomic E-state index is 12.8. The average molecular weight is 221 g/mol. The fourth-order valence-corrected chi connectivity index (χ4v) is 1.03. The Morgan fingerprint density at radius 3 is 3.00 bits per heavy atom. The number of nitrogens with one attached hydrogen (secondary N) is 2. The van der Waals surface area contributed by atoms with Crippen molar-refractivity contribution in [3.05, 3.63) is 30.1 Å². The minimum Gasteiger partial charge on any atom is -0.337 e. The molecule has 5 heteroatoms. The van der Waals surface area contributed by atoms with E-state index in [2.05, 4.69) is 10.6 Å². The number of anilines is 1. The van der Waals surface area contributed by atoms with E-state index in [1.807, 2.05) is 6.07 Å². The summed E-state index contributed by atoms with van der Waals surface area (Å²) in [7, 11) is 0.